The zero-order chi connectivity index (χ0) is 23.6. The van der Waals surface area contributed by atoms with Gasteiger partial charge in [-0.15, -0.1) is 0 Å². The van der Waals surface area contributed by atoms with E-state index in [-0.39, 0.29) is 17.4 Å². The Hall–Kier alpha value is -2.60. The van der Waals surface area contributed by atoms with Gasteiger partial charge in [0.15, 0.2) is 5.76 Å². The number of ether oxygens (including phenoxy) is 2. The quantitative estimate of drug-likeness (QED) is 0.289. The van der Waals surface area contributed by atoms with Crippen molar-refractivity contribution in [2.75, 3.05) is 0 Å². The molecule has 2 aromatic rings. The molecule has 0 amide bonds. The van der Waals surface area contributed by atoms with E-state index in [9.17, 15) is 4.79 Å². The molecule has 1 aromatic carbocycles. The van der Waals surface area contributed by atoms with Crippen LogP contribution in [0.5, 0.6) is 0 Å². The number of hydrogen-bond donors (Lipinski definition) is 0. The normalized spacial score (nSPS) is 17.1. The fourth-order valence-corrected chi connectivity index (χ4v) is 3.79. The Morgan fingerprint density at radius 2 is 1.84 bits per heavy atom. The van der Waals surface area contributed by atoms with Crippen LogP contribution in [0.4, 0.5) is 0 Å². The lowest BCUT2D eigenvalue weighted by molar-refractivity contribution is -0.164. The lowest BCUT2D eigenvalue weighted by Crippen LogP contribution is -2.19. The zero-order valence-corrected chi connectivity index (χ0v) is 20.7. The number of benzene rings is 1. The topological polar surface area (TPSA) is 65.7 Å². The number of aromatic nitrogens is 2. The minimum atomic E-state index is -0.794. The maximum Gasteiger partial charge on any atom is 0.308 e. The van der Waals surface area contributed by atoms with E-state index in [2.05, 4.69) is 55.1 Å². The molecule has 172 valence electrons. The molecule has 2 heterocycles. The predicted octanol–water partition coefficient (Wildman–Crippen LogP) is 5.71. The van der Waals surface area contributed by atoms with Gasteiger partial charge in [0.05, 0.1) is 10.7 Å². The third-order valence-electron chi connectivity index (χ3n) is 5.30. The van der Waals surface area contributed by atoms with Crippen LogP contribution in [0.2, 0.25) is 5.02 Å². The summed E-state index contributed by atoms with van der Waals surface area (Å²) in [6, 6.07) is 8.26. The number of carbonyl (C=O) groups is 1. The molecular weight excluding hydrogens is 426 g/mol. The first-order chi connectivity index (χ1) is 15.0. The van der Waals surface area contributed by atoms with Crippen LogP contribution in [-0.2, 0) is 26.7 Å². The lowest BCUT2D eigenvalue weighted by atomic mass is 9.86. The molecule has 7 heteroatoms. The molecule has 1 aliphatic heterocycles. The summed E-state index contributed by atoms with van der Waals surface area (Å²) < 4.78 is 13.4. The van der Waals surface area contributed by atoms with Crippen LogP contribution in [0, 0.1) is 6.92 Å². The van der Waals surface area contributed by atoms with Crippen LogP contribution in [0.3, 0.4) is 0 Å². The summed E-state index contributed by atoms with van der Waals surface area (Å²) in [6.07, 6.45) is 2.12. The molecule has 6 nitrogen and oxygen atoms in total. The largest absolute Gasteiger partial charge is 0.452 e. The fraction of sp³-hybridized carbons (Fsp3) is 0.480. The van der Waals surface area contributed by atoms with Crippen LogP contribution in [-0.4, -0.2) is 34.3 Å². The van der Waals surface area contributed by atoms with Crippen molar-refractivity contribution in [3.05, 3.63) is 51.8 Å². The van der Waals surface area contributed by atoms with Gasteiger partial charge in [-0.2, -0.15) is 5.10 Å². The Bertz CT molecular complexity index is 1040. The molecule has 3 rings (SSSR count). The molecule has 0 bridgehead atoms. The highest BCUT2D eigenvalue weighted by atomic mass is 35.5. The van der Waals surface area contributed by atoms with Crippen molar-refractivity contribution in [2.45, 2.75) is 72.1 Å². The number of esters is 1. The minimum absolute atomic E-state index is 0.0439. The van der Waals surface area contributed by atoms with Crippen molar-refractivity contribution >= 4 is 35.1 Å². The number of halogens is 1. The van der Waals surface area contributed by atoms with Crippen molar-refractivity contribution < 1.29 is 14.3 Å². The van der Waals surface area contributed by atoms with Crippen LogP contribution in [0.25, 0.3) is 11.3 Å². The Morgan fingerprint density at radius 3 is 2.31 bits per heavy atom. The van der Waals surface area contributed by atoms with Crippen LogP contribution in [0.15, 0.2) is 29.3 Å². The molecule has 0 saturated heterocycles. The second kappa shape index (κ2) is 9.49. The van der Waals surface area contributed by atoms with Gasteiger partial charge in [0.1, 0.15) is 11.7 Å². The highest BCUT2D eigenvalue weighted by Crippen LogP contribution is 2.39. The first-order valence-electron chi connectivity index (χ1n) is 11.0. The van der Waals surface area contributed by atoms with Crippen LogP contribution >= 0.6 is 11.6 Å². The number of carbonyl (C=O) groups excluding carboxylic acids is 1. The molecule has 1 aliphatic rings. The van der Waals surface area contributed by atoms with E-state index in [1.807, 2.05) is 27.1 Å². The van der Waals surface area contributed by atoms with E-state index < -0.39 is 6.29 Å². The van der Waals surface area contributed by atoms with Crippen molar-refractivity contribution in [2.24, 2.45) is 12.0 Å². The molecule has 0 radical (unpaired) electrons. The number of aryl methyl sites for hydroxylation is 2. The third kappa shape index (κ3) is 5.41. The Balaban J connectivity index is 2.10. The van der Waals surface area contributed by atoms with E-state index in [0.29, 0.717) is 35.0 Å². The second-order valence-electron chi connectivity index (χ2n) is 9.11. The van der Waals surface area contributed by atoms with E-state index in [4.69, 9.17) is 21.1 Å². The summed E-state index contributed by atoms with van der Waals surface area (Å²) in [5.41, 5.74) is 4.44. The summed E-state index contributed by atoms with van der Waals surface area (Å²) in [4.78, 5) is 16.5. The Morgan fingerprint density at radius 1 is 1.22 bits per heavy atom. The highest BCUT2D eigenvalue weighted by molar-refractivity contribution is 6.33. The van der Waals surface area contributed by atoms with Gasteiger partial charge in [-0.05, 0) is 29.9 Å². The fourth-order valence-electron chi connectivity index (χ4n) is 3.54. The lowest BCUT2D eigenvalue weighted by Gasteiger charge is -2.22. The average Bonchev–Trinajstić information content (AvgIpc) is 3.48. The standard InChI is InChI=1S/C25H32ClN3O3/c1-8-9-20(30)31-16(3)32-24(23-22(26)15(2)28-29(23)7)21(19-14-27-19)17-10-12-18(13-11-17)25(4,5)6/h10-14,16,19H,8-9H2,1-7H3/b24-21+. The predicted molar refractivity (Wildman–Crippen MR) is 129 cm³/mol. The van der Waals surface area contributed by atoms with Gasteiger partial charge in [-0.3, -0.25) is 14.5 Å². The van der Waals surface area contributed by atoms with Crippen LogP contribution in [0.1, 0.15) is 70.0 Å². The van der Waals surface area contributed by atoms with Gasteiger partial charge >= 0.3 is 5.97 Å². The van der Waals surface area contributed by atoms with Gasteiger partial charge in [0.25, 0.3) is 0 Å². The van der Waals surface area contributed by atoms with E-state index >= 15 is 0 Å². The number of rotatable bonds is 8. The monoisotopic (exact) mass is 457 g/mol. The Labute approximate surface area is 195 Å². The molecule has 0 aliphatic carbocycles. The van der Waals surface area contributed by atoms with Crippen molar-refractivity contribution in [1.29, 1.82) is 0 Å². The van der Waals surface area contributed by atoms with Gasteiger partial charge in [-0.25, -0.2) is 0 Å². The van der Waals surface area contributed by atoms with Crippen molar-refractivity contribution in [3.63, 3.8) is 0 Å². The summed E-state index contributed by atoms with van der Waals surface area (Å²) in [7, 11) is 1.82. The first kappa shape index (κ1) is 24.1. The number of hydrogen-bond acceptors (Lipinski definition) is 5. The summed E-state index contributed by atoms with van der Waals surface area (Å²) in [5, 5.41) is 4.95. The maximum absolute atomic E-state index is 12.0. The average molecular weight is 458 g/mol. The third-order valence-corrected chi connectivity index (χ3v) is 5.75. The highest BCUT2D eigenvalue weighted by Gasteiger charge is 2.31. The molecule has 2 unspecified atom stereocenters. The molecule has 32 heavy (non-hydrogen) atoms. The number of nitrogens with zero attached hydrogens (tertiary/aromatic N) is 3. The second-order valence-corrected chi connectivity index (χ2v) is 9.49. The molecular formula is C25H32ClN3O3. The van der Waals surface area contributed by atoms with Gasteiger partial charge in [-0.1, -0.05) is 63.6 Å². The first-order valence-corrected chi connectivity index (χ1v) is 11.3. The SMILES string of the molecule is CCCC(=O)OC(C)O/C(=C(\c1ccc(C(C)(C)C)cc1)C1C=N1)c1c(Cl)c(C)nn1C. The van der Waals surface area contributed by atoms with E-state index in [1.165, 1.54) is 5.56 Å². The van der Waals surface area contributed by atoms with E-state index in [1.54, 1.807) is 11.6 Å². The molecule has 0 saturated carbocycles. The van der Waals surface area contributed by atoms with Gasteiger partial charge < -0.3 is 9.47 Å². The molecule has 2 atom stereocenters. The van der Waals surface area contributed by atoms with E-state index in [0.717, 1.165) is 11.1 Å². The summed E-state index contributed by atoms with van der Waals surface area (Å²) >= 11 is 6.64. The summed E-state index contributed by atoms with van der Waals surface area (Å²) in [6.45, 7) is 12.0. The maximum atomic E-state index is 12.0. The molecule has 1 aromatic heterocycles. The molecule has 0 fully saturated rings. The van der Waals surface area contributed by atoms with Crippen molar-refractivity contribution in [1.82, 2.24) is 9.78 Å². The zero-order valence-electron chi connectivity index (χ0n) is 19.9. The molecule has 0 spiro atoms. The Kier molecular flexibility index (Phi) is 7.13. The molecule has 0 N–H and O–H groups in total. The summed E-state index contributed by atoms with van der Waals surface area (Å²) in [5.74, 6) is 0.214. The number of aliphatic imine (C=N–C) groups is 1. The van der Waals surface area contributed by atoms with Crippen molar-refractivity contribution in [3.8, 4) is 0 Å². The van der Waals surface area contributed by atoms with Gasteiger partial charge in [0.2, 0.25) is 6.29 Å². The van der Waals surface area contributed by atoms with Gasteiger partial charge in [0, 0.05) is 32.2 Å². The smallest absolute Gasteiger partial charge is 0.308 e. The van der Waals surface area contributed by atoms with Crippen LogP contribution < -0.4 is 0 Å². The minimum Gasteiger partial charge on any atom is -0.452 e.